The van der Waals surface area contributed by atoms with Crippen molar-refractivity contribution in [2.24, 2.45) is 0 Å². The highest BCUT2D eigenvalue weighted by molar-refractivity contribution is 5.98. The van der Waals surface area contributed by atoms with Crippen molar-refractivity contribution < 1.29 is 9.18 Å². The number of pyridine rings is 1. The normalized spacial score (nSPS) is 16.5. The van der Waals surface area contributed by atoms with Crippen molar-refractivity contribution in [2.45, 2.75) is 18.8 Å². The van der Waals surface area contributed by atoms with Gasteiger partial charge in [0.25, 0.3) is 5.78 Å². The Bertz CT molecular complexity index is 1150. The Morgan fingerprint density at radius 1 is 1.07 bits per heavy atom. The minimum atomic E-state index is -0.287. The van der Waals surface area contributed by atoms with E-state index in [1.165, 1.54) is 12.1 Å². The van der Waals surface area contributed by atoms with Gasteiger partial charge in [-0.1, -0.05) is 12.1 Å². The van der Waals surface area contributed by atoms with Crippen LogP contribution in [0.4, 0.5) is 4.39 Å². The number of fused-ring (bicyclic) bond motifs is 3. The zero-order valence-electron chi connectivity index (χ0n) is 14.2. The molecule has 1 unspecified atom stereocenters. The van der Waals surface area contributed by atoms with Crippen LogP contribution >= 0.6 is 0 Å². The zero-order chi connectivity index (χ0) is 18.4. The van der Waals surface area contributed by atoms with Crippen LogP contribution in [0.25, 0.3) is 17.2 Å². The second-order valence-corrected chi connectivity index (χ2v) is 6.59. The number of carbonyl (C=O) groups excluding carboxylic acids is 1. The van der Waals surface area contributed by atoms with Crippen LogP contribution in [-0.4, -0.2) is 30.3 Å². The standard InChI is InChI=1S/C20H14FN5O/c21-15-5-3-12(4-6-15)14-8-17-16(18(27)9-14)11-23-20-24-19(25-26(17)20)13-2-1-7-22-10-13/h1-7,10-11,14H,8-9H2. The molecule has 0 fully saturated rings. The molecular weight excluding hydrogens is 345 g/mol. The summed E-state index contributed by atoms with van der Waals surface area (Å²) in [6.07, 6.45) is 5.94. The largest absolute Gasteiger partial charge is 0.294 e. The summed E-state index contributed by atoms with van der Waals surface area (Å²) in [6, 6.07) is 10.0. The molecule has 6 nitrogen and oxygen atoms in total. The lowest BCUT2D eigenvalue weighted by atomic mass is 9.82. The van der Waals surface area contributed by atoms with Crippen LogP contribution in [0.15, 0.2) is 55.0 Å². The smallest absolute Gasteiger partial charge is 0.252 e. The Hall–Kier alpha value is -3.48. The van der Waals surface area contributed by atoms with Crippen molar-refractivity contribution in [3.63, 3.8) is 0 Å². The van der Waals surface area contributed by atoms with Gasteiger partial charge >= 0.3 is 0 Å². The fourth-order valence-electron chi connectivity index (χ4n) is 3.54. The van der Waals surface area contributed by atoms with Crippen molar-refractivity contribution in [3.05, 3.63) is 77.6 Å². The summed E-state index contributed by atoms with van der Waals surface area (Å²) in [7, 11) is 0. The Morgan fingerprint density at radius 3 is 2.70 bits per heavy atom. The van der Waals surface area contributed by atoms with Gasteiger partial charge in [-0.15, -0.1) is 5.10 Å². The first-order chi connectivity index (χ1) is 13.2. The van der Waals surface area contributed by atoms with Crippen LogP contribution in [-0.2, 0) is 6.42 Å². The third-order valence-corrected chi connectivity index (χ3v) is 4.90. The predicted octanol–water partition coefficient (Wildman–Crippen LogP) is 3.24. The number of hydrogen-bond acceptors (Lipinski definition) is 5. The maximum absolute atomic E-state index is 13.2. The van der Waals surface area contributed by atoms with E-state index in [4.69, 9.17) is 0 Å². The van der Waals surface area contributed by atoms with Crippen LogP contribution in [0.1, 0.15) is 34.0 Å². The minimum Gasteiger partial charge on any atom is -0.294 e. The highest BCUT2D eigenvalue weighted by atomic mass is 19.1. The summed E-state index contributed by atoms with van der Waals surface area (Å²) in [5, 5.41) is 4.56. The van der Waals surface area contributed by atoms with Gasteiger partial charge in [0.2, 0.25) is 0 Å². The summed E-state index contributed by atoms with van der Waals surface area (Å²) in [4.78, 5) is 25.5. The second-order valence-electron chi connectivity index (χ2n) is 6.59. The first kappa shape index (κ1) is 15.7. The molecule has 0 saturated heterocycles. The van der Waals surface area contributed by atoms with Crippen molar-refractivity contribution in [2.75, 3.05) is 0 Å². The zero-order valence-corrected chi connectivity index (χ0v) is 14.2. The van der Waals surface area contributed by atoms with Crippen LogP contribution in [0.5, 0.6) is 0 Å². The highest BCUT2D eigenvalue weighted by Crippen LogP contribution is 2.32. The van der Waals surface area contributed by atoms with Gasteiger partial charge in [0.05, 0.1) is 11.3 Å². The lowest BCUT2D eigenvalue weighted by Crippen LogP contribution is -2.22. The van der Waals surface area contributed by atoms with E-state index in [-0.39, 0.29) is 17.5 Å². The lowest BCUT2D eigenvalue weighted by molar-refractivity contribution is 0.0962. The summed E-state index contributed by atoms with van der Waals surface area (Å²) < 4.78 is 14.9. The quantitative estimate of drug-likeness (QED) is 0.549. The molecular formula is C20H14FN5O. The van der Waals surface area contributed by atoms with E-state index in [0.29, 0.717) is 30.0 Å². The Morgan fingerprint density at radius 2 is 1.93 bits per heavy atom. The monoisotopic (exact) mass is 359 g/mol. The van der Waals surface area contributed by atoms with Gasteiger partial charge in [-0.2, -0.15) is 9.50 Å². The number of rotatable bonds is 2. The molecule has 0 radical (unpaired) electrons. The Balaban J connectivity index is 1.61. The van der Waals surface area contributed by atoms with E-state index in [1.807, 2.05) is 12.1 Å². The van der Waals surface area contributed by atoms with Crippen LogP contribution < -0.4 is 0 Å². The number of benzene rings is 1. The number of carbonyl (C=O) groups is 1. The van der Waals surface area contributed by atoms with Crippen LogP contribution in [0.3, 0.4) is 0 Å². The van der Waals surface area contributed by atoms with E-state index in [2.05, 4.69) is 20.1 Å². The first-order valence-electron chi connectivity index (χ1n) is 8.63. The van der Waals surface area contributed by atoms with E-state index in [0.717, 1.165) is 16.8 Å². The van der Waals surface area contributed by atoms with E-state index in [9.17, 15) is 9.18 Å². The molecule has 0 amide bonds. The summed E-state index contributed by atoms with van der Waals surface area (Å²) in [5.74, 6) is 0.659. The van der Waals surface area contributed by atoms with E-state index >= 15 is 0 Å². The number of aromatic nitrogens is 5. The van der Waals surface area contributed by atoms with Gasteiger partial charge in [-0.05, 0) is 42.2 Å². The Labute approximate surface area is 153 Å². The maximum Gasteiger partial charge on any atom is 0.252 e. The molecule has 7 heteroatoms. The van der Waals surface area contributed by atoms with Gasteiger partial charge < -0.3 is 0 Å². The van der Waals surface area contributed by atoms with Crippen molar-refractivity contribution in [3.8, 4) is 11.4 Å². The third kappa shape index (κ3) is 2.68. The maximum atomic E-state index is 13.2. The molecule has 1 aromatic carbocycles. The Kier molecular flexibility index (Phi) is 3.53. The molecule has 3 aromatic heterocycles. The van der Waals surface area contributed by atoms with Crippen molar-refractivity contribution in [1.29, 1.82) is 0 Å². The fourth-order valence-corrected chi connectivity index (χ4v) is 3.54. The topological polar surface area (TPSA) is 73.0 Å². The van der Waals surface area contributed by atoms with Gasteiger partial charge in [0.1, 0.15) is 5.82 Å². The van der Waals surface area contributed by atoms with Gasteiger partial charge in [-0.3, -0.25) is 9.78 Å². The molecule has 0 spiro atoms. The lowest BCUT2D eigenvalue weighted by Gasteiger charge is -2.23. The molecule has 0 N–H and O–H groups in total. The summed E-state index contributed by atoms with van der Waals surface area (Å²) >= 11 is 0. The predicted molar refractivity (Wildman–Crippen MR) is 95.8 cm³/mol. The first-order valence-corrected chi connectivity index (χ1v) is 8.63. The molecule has 4 aromatic rings. The molecule has 132 valence electrons. The molecule has 1 atom stereocenters. The number of Topliss-reactive ketones (excluding diaryl/α,β-unsaturated/α-hetero) is 1. The molecule has 3 heterocycles. The minimum absolute atomic E-state index is 0.0124. The average Bonchev–Trinajstić information content (AvgIpc) is 3.14. The van der Waals surface area contributed by atoms with E-state index in [1.54, 1.807) is 35.2 Å². The highest BCUT2D eigenvalue weighted by Gasteiger charge is 2.29. The molecule has 0 aliphatic heterocycles. The number of nitrogens with zero attached hydrogens (tertiary/aromatic N) is 5. The average molecular weight is 359 g/mol. The summed E-state index contributed by atoms with van der Waals surface area (Å²) in [6.45, 7) is 0. The molecule has 5 rings (SSSR count). The number of ketones is 1. The molecule has 1 aliphatic carbocycles. The number of hydrogen-bond donors (Lipinski definition) is 0. The van der Waals surface area contributed by atoms with Gasteiger partial charge in [0, 0.05) is 30.6 Å². The van der Waals surface area contributed by atoms with Gasteiger partial charge in [0.15, 0.2) is 11.6 Å². The van der Waals surface area contributed by atoms with E-state index < -0.39 is 0 Å². The van der Waals surface area contributed by atoms with Crippen molar-refractivity contribution >= 4 is 11.6 Å². The summed E-state index contributed by atoms with van der Waals surface area (Å²) in [5.41, 5.74) is 3.08. The van der Waals surface area contributed by atoms with Gasteiger partial charge in [-0.25, -0.2) is 9.37 Å². The molecule has 27 heavy (non-hydrogen) atoms. The van der Waals surface area contributed by atoms with Crippen LogP contribution in [0, 0.1) is 5.82 Å². The SMILES string of the molecule is O=C1CC(c2ccc(F)cc2)Cc2c1cnc1nc(-c3cccnc3)nn21. The third-order valence-electron chi connectivity index (χ3n) is 4.90. The molecule has 1 aliphatic rings. The molecule has 0 saturated carbocycles. The second kappa shape index (κ2) is 6.05. The number of halogens is 1. The molecule has 0 bridgehead atoms. The fraction of sp³-hybridized carbons (Fsp3) is 0.150. The van der Waals surface area contributed by atoms with Crippen LogP contribution in [0.2, 0.25) is 0 Å². The van der Waals surface area contributed by atoms with Crippen molar-refractivity contribution in [1.82, 2.24) is 24.6 Å².